The number of aryl methyl sites for hydroxylation is 1. The first kappa shape index (κ1) is 20.3. The Kier molecular flexibility index (Phi) is 6.11. The monoisotopic (exact) mass is 395 g/mol. The van der Waals surface area contributed by atoms with E-state index >= 15 is 0 Å². The summed E-state index contributed by atoms with van der Waals surface area (Å²) in [6.45, 7) is 6.97. The second-order valence-electron chi connectivity index (χ2n) is 6.80. The van der Waals surface area contributed by atoms with Crippen molar-refractivity contribution in [1.29, 1.82) is 0 Å². The molecule has 0 aliphatic carbocycles. The second kappa shape index (κ2) is 8.72. The first-order valence-corrected chi connectivity index (χ1v) is 9.65. The van der Waals surface area contributed by atoms with E-state index in [1.807, 2.05) is 39.1 Å². The van der Waals surface area contributed by atoms with Crippen LogP contribution >= 0.6 is 0 Å². The molecule has 0 fully saturated rings. The number of nitrogens with zero attached hydrogens (tertiary/aromatic N) is 5. The molecule has 0 aliphatic rings. The second-order valence-corrected chi connectivity index (χ2v) is 6.80. The normalized spacial score (nSPS) is 10.9. The molecule has 152 valence electrons. The summed E-state index contributed by atoms with van der Waals surface area (Å²) in [4.78, 5) is 25.4. The van der Waals surface area contributed by atoms with Gasteiger partial charge in [0.2, 0.25) is 5.43 Å². The summed E-state index contributed by atoms with van der Waals surface area (Å²) in [5, 5.41) is 18.3. The van der Waals surface area contributed by atoms with Gasteiger partial charge in [-0.25, -0.2) is 9.48 Å². The molecule has 0 saturated carbocycles. The summed E-state index contributed by atoms with van der Waals surface area (Å²) in [7, 11) is 0. The molecule has 8 heteroatoms. The van der Waals surface area contributed by atoms with Gasteiger partial charge in [0, 0.05) is 31.8 Å². The maximum atomic E-state index is 12.4. The van der Waals surface area contributed by atoms with Gasteiger partial charge in [0.05, 0.1) is 18.1 Å². The largest absolute Gasteiger partial charge is 0.465 e. The van der Waals surface area contributed by atoms with Crippen LogP contribution < -0.4 is 10.3 Å². The number of hydrogen-bond donors (Lipinski definition) is 1. The SMILES string of the molecule is CCCN(C(=O)O)c1cccc(Cc2nn(-c3cnn(CC)c3)ccc2=O)c1C. The highest BCUT2D eigenvalue weighted by atomic mass is 16.4. The van der Waals surface area contributed by atoms with Crippen LogP contribution in [-0.2, 0) is 13.0 Å². The average Bonchev–Trinajstić information content (AvgIpc) is 3.19. The van der Waals surface area contributed by atoms with Crippen LogP contribution in [0.4, 0.5) is 10.5 Å². The number of aromatic nitrogens is 4. The number of anilines is 1. The van der Waals surface area contributed by atoms with Crippen LogP contribution in [0.2, 0.25) is 0 Å². The fourth-order valence-corrected chi connectivity index (χ4v) is 3.23. The zero-order chi connectivity index (χ0) is 21.0. The summed E-state index contributed by atoms with van der Waals surface area (Å²) >= 11 is 0. The predicted molar refractivity (Wildman–Crippen MR) is 111 cm³/mol. The van der Waals surface area contributed by atoms with Crippen molar-refractivity contribution in [3.8, 4) is 5.69 Å². The van der Waals surface area contributed by atoms with Gasteiger partial charge in [-0.2, -0.15) is 10.2 Å². The Balaban J connectivity index is 1.96. The summed E-state index contributed by atoms with van der Waals surface area (Å²) in [5.41, 5.74) is 3.36. The molecule has 1 aromatic carbocycles. The van der Waals surface area contributed by atoms with Gasteiger partial charge in [0.15, 0.2) is 0 Å². The molecule has 1 amide bonds. The Morgan fingerprint density at radius 1 is 1.24 bits per heavy atom. The van der Waals surface area contributed by atoms with Crippen molar-refractivity contribution in [2.45, 2.75) is 40.2 Å². The van der Waals surface area contributed by atoms with Crippen molar-refractivity contribution in [3.05, 3.63) is 69.9 Å². The average molecular weight is 395 g/mol. The van der Waals surface area contributed by atoms with Crippen LogP contribution in [0.15, 0.2) is 47.7 Å². The van der Waals surface area contributed by atoms with E-state index in [0.717, 1.165) is 23.4 Å². The van der Waals surface area contributed by atoms with Gasteiger partial charge in [-0.1, -0.05) is 19.1 Å². The highest BCUT2D eigenvalue weighted by Crippen LogP contribution is 2.25. The summed E-state index contributed by atoms with van der Waals surface area (Å²) < 4.78 is 3.42. The minimum atomic E-state index is -0.986. The molecule has 2 aromatic heterocycles. The number of rotatable bonds is 7. The van der Waals surface area contributed by atoms with Crippen LogP contribution in [0.5, 0.6) is 0 Å². The van der Waals surface area contributed by atoms with Gasteiger partial charge in [-0.05, 0) is 37.5 Å². The Bertz CT molecular complexity index is 1070. The van der Waals surface area contributed by atoms with E-state index in [1.54, 1.807) is 27.8 Å². The molecule has 8 nitrogen and oxygen atoms in total. The first-order chi connectivity index (χ1) is 13.9. The molecule has 3 aromatic rings. The van der Waals surface area contributed by atoms with Crippen molar-refractivity contribution in [2.75, 3.05) is 11.4 Å². The smallest absolute Gasteiger partial charge is 0.411 e. The lowest BCUT2D eigenvalue weighted by atomic mass is 10.0. The van der Waals surface area contributed by atoms with E-state index in [9.17, 15) is 14.7 Å². The molecular formula is C21H25N5O3. The molecule has 1 N–H and O–H groups in total. The molecule has 3 rings (SSSR count). The number of benzene rings is 1. The van der Waals surface area contributed by atoms with E-state index in [0.29, 0.717) is 30.8 Å². The molecule has 0 aliphatic heterocycles. The lowest BCUT2D eigenvalue weighted by Crippen LogP contribution is -2.30. The molecule has 0 spiro atoms. The number of hydrogen-bond acceptors (Lipinski definition) is 4. The molecule has 0 bridgehead atoms. The van der Waals surface area contributed by atoms with Gasteiger partial charge in [0.25, 0.3) is 0 Å². The fourth-order valence-electron chi connectivity index (χ4n) is 3.23. The Labute approximate surface area is 169 Å². The molecule has 0 saturated heterocycles. The highest BCUT2D eigenvalue weighted by molar-refractivity contribution is 5.87. The zero-order valence-corrected chi connectivity index (χ0v) is 16.9. The van der Waals surface area contributed by atoms with Crippen LogP contribution in [0.3, 0.4) is 0 Å². The van der Waals surface area contributed by atoms with E-state index in [4.69, 9.17) is 0 Å². The third kappa shape index (κ3) is 4.37. The fraction of sp³-hybridized carbons (Fsp3) is 0.333. The molecule has 0 atom stereocenters. The van der Waals surface area contributed by atoms with Crippen molar-refractivity contribution in [2.24, 2.45) is 0 Å². The lowest BCUT2D eigenvalue weighted by Gasteiger charge is -2.22. The van der Waals surface area contributed by atoms with Crippen molar-refractivity contribution >= 4 is 11.8 Å². The summed E-state index contributed by atoms with van der Waals surface area (Å²) in [6.07, 6.45) is 5.24. The van der Waals surface area contributed by atoms with Crippen molar-refractivity contribution < 1.29 is 9.90 Å². The predicted octanol–water partition coefficient (Wildman–Crippen LogP) is 3.24. The van der Waals surface area contributed by atoms with Crippen molar-refractivity contribution in [1.82, 2.24) is 19.6 Å². The number of carboxylic acid groups (broad SMARTS) is 1. The van der Waals surface area contributed by atoms with Crippen molar-refractivity contribution in [3.63, 3.8) is 0 Å². The first-order valence-electron chi connectivity index (χ1n) is 9.65. The minimum absolute atomic E-state index is 0.155. The van der Waals surface area contributed by atoms with Gasteiger partial charge >= 0.3 is 6.09 Å². The summed E-state index contributed by atoms with van der Waals surface area (Å²) in [6, 6.07) is 7.00. The highest BCUT2D eigenvalue weighted by Gasteiger charge is 2.18. The van der Waals surface area contributed by atoms with E-state index in [1.165, 1.54) is 11.0 Å². The van der Waals surface area contributed by atoms with E-state index in [2.05, 4.69) is 10.2 Å². The molecule has 29 heavy (non-hydrogen) atoms. The minimum Gasteiger partial charge on any atom is -0.465 e. The van der Waals surface area contributed by atoms with Crippen LogP contribution in [0, 0.1) is 6.92 Å². The topological polar surface area (TPSA) is 93.2 Å². The number of amides is 1. The number of carbonyl (C=O) groups is 1. The molecular weight excluding hydrogens is 370 g/mol. The van der Waals surface area contributed by atoms with E-state index < -0.39 is 6.09 Å². The van der Waals surface area contributed by atoms with Gasteiger partial charge in [-0.3, -0.25) is 14.4 Å². The quantitative estimate of drug-likeness (QED) is 0.663. The standard InChI is InChI=1S/C21H25N5O3/c1-4-10-25(21(28)29)19-8-6-7-16(15(19)3)12-18-20(27)9-11-26(23-18)17-13-22-24(5-2)14-17/h6-9,11,13-14H,4-5,10,12H2,1-3H3,(H,28,29). The van der Waals surface area contributed by atoms with Gasteiger partial charge in [0.1, 0.15) is 11.4 Å². The zero-order valence-electron chi connectivity index (χ0n) is 16.9. The van der Waals surface area contributed by atoms with Crippen LogP contribution in [-0.4, -0.2) is 37.3 Å². The molecule has 0 unspecified atom stereocenters. The van der Waals surface area contributed by atoms with Gasteiger partial charge in [-0.15, -0.1) is 0 Å². The Morgan fingerprint density at radius 2 is 2.03 bits per heavy atom. The van der Waals surface area contributed by atoms with E-state index in [-0.39, 0.29) is 5.43 Å². The van der Waals surface area contributed by atoms with Crippen LogP contribution in [0.25, 0.3) is 5.69 Å². The maximum absolute atomic E-state index is 12.4. The Hall–Kier alpha value is -3.42. The lowest BCUT2D eigenvalue weighted by molar-refractivity contribution is 0.201. The Morgan fingerprint density at radius 3 is 2.69 bits per heavy atom. The van der Waals surface area contributed by atoms with Gasteiger partial charge < -0.3 is 5.11 Å². The summed E-state index contributed by atoms with van der Waals surface area (Å²) in [5.74, 6) is 0. The maximum Gasteiger partial charge on any atom is 0.411 e. The third-order valence-electron chi connectivity index (χ3n) is 4.83. The molecule has 0 radical (unpaired) electrons. The third-order valence-corrected chi connectivity index (χ3v) is 4.83. The van der Waals surface area contributed by atoms with Crippen LogP contribution in [0.1, 0.15) is 37.1 Å². The molecule has 2 heterocycles.